The van der Waals surface area contributed by atoms with Crippen molar-refractivity contribution in [1.29, 1.82) is 0 Å². The fraction of sp³-hybridized carbons (Fsp3) is 0.100. The van der Waals surface area contributed by atoms with Crippen molar-refractivity contribution in [3.8, 4) is 0 Å². The van der Waals surface area contributed by atoms with Crippen LogP contribution in [0.25, 0.3) is 10.9 Å². The molecule has 0 fully saturated rings. The molecule has 0 aliphatic rings. The molecule has 3 aromatic rings. The van der Waals surface area contributed by atoms with Crippen molar-refractivity contribution < 1.29 is 9.36 Å². The zero-order valence-electron chi connectivity index (χ0n) is 12.4. The third-order valence-corrected chi connectivity index (χ3v) is 3.78. The Balaban J connectivity index is 2.06. The lowest BCUT2D eigenvalue weighted by molar-refractivity contribution is -0.664. The molecule has 0 radical (unpaired) electrons. The molecule has 0 N–H and O–H groups in total. The zero-order valence-corrected chi connectivity index (χ0v) is 12.4. The Labute approximate surface area is 130 Å². The maximum absolute atomic E-state index is 12.6. The zero-order chi connectivity index (χ0) is 15.4. The van der Waals surface area contributed by atoms with Crippen LogP contribution in [-0.2, 0) is 13.0 Å². The predicted molar refractivity (Wildman–Crippen MR) is 88.8 cm³/mol. The van der Waals surface area contributed by atoms with Crippen LogP contribution >= 0.6 is 0 Å². The van der Waals surface area contributed by atoms with Crippen LogP contribution in [-0.4, -0.2) is 5.78 Å². The van der Waals surface area contributed by atoms with Crippen molar-refractivity contribution in [1.82, 2.24) is 0 Å². The number of hydrogen-bond donors (Lipinski definition) is 0. The number of hydrogen-bond acceptors (Lipinski definition) is 1. The van der Waals surface area contributed by atoms with Crippen LogP contribution in [0.15, 0.2) is 79.4 Å². The van der Waals surface area contributed by atoms with Crippen LogP contribution in [0.4, 0.5) is 0 Å². The van der Waals surface area contributed by atoms with E-state index >= 15 is 0 Å². The smallest absolute Gasteiger partial charge is 0.227 e. The van der Waals surface area contributed by atoms with Crippen LogP contribution in [0.2, 0.25) is 0 Å². The SMILES string of the molecule is C=CCc1ccc2ccccc2[n+]1CC(=O)c1ccccc1. The van der Waals surface area contributed by atoms with Gasteiger partial charge < -0.3 is 0 Å². The molecular weight excluding hydrogens is 270 g/mol. The van der Waals surface area contributed by atoms with Crippen LogP contribution in [0, 0.1) is 0 Å². The number of aromatic nitrogens is 1. The summed E-state index contributed by atoms with van der Waals surface area (Å²) < 4.78 is 2.09. The number of pyridine rings is 1. The van der Waals surface area contributed by atoms with Crippen molar-refractivity contribution in [3.63, 3.8) is 0 Å². The van der Waals surface area contributed by atoms with Gasteiger partial charge in [-0.25, -0.2) is 0 Å². The molecule has 0 bridgehead atoms. The predicted octanol–water partition coefficient (Wildman–Crippen LogP) is 3.74. The average molecular weight is 288 g/mol. The molecule has 108 valence electrons. The number of fused-ring (bicyclic) bond motifs is 1. The van der Waals surface area contributed by atoms with Gasteiger partial charge in [-0.3, -0.25) is 4.79 Å². The number of benzene rings is 2. The third-order valence-electron chi connectivity index (χ3n) is 3.78. The molecule has 0 amide bonds. The fourth-order valence-electron chi connectivity index (χ4n) is 2.68. The van der Waals surface area contributed by atoms with Crippen molar-refractivity contribution in [2.24, 2.45) is 0 Å². The average Bonchev–Trinajstić information content (AvgIpc) is 2.58. The summed E-state index contributed by atoms with van der Waals surface area (Å²) in [6.45, 7) is 4.16. The second-order valence-electron chi connectivity index (χ2n) is 5.25. The second kappa shape index (κ2) is 6.35. The first kappa shape index (κ1) is 14.2. The standard InChI is InChI=1S/C20H18NO/c1-2-8-18-14-13-16-9-6-7-12-19(16)21(18)15-20(22)17-10-4-3-5-11-17/h2-7,9-14H,1,8,15H2/q+1. The van der Waals surface area contributed by atoms with E-state index < -0.39 is 0 Å². The Hall–Kier alpha value is -2.74. The number of Topliss-reactive ketones (excluding diaryl/α,β-unsaturated/α-hetero) is 1. The lowest BCUT2D eigenvalue weighted by Crippen LogP contribution is -2.42. The number of nitrogens with zero attached hydrogens (tertiary/aromatic N) is 1. The molecule has 0 saturated heterocycles. The quantitative estimate of drug-likeness (QED) is 0.398. The molecule has 2 nitrogen and oxygen atoms in total. The maximum atomic E-state index is 12.6. The van der Waals surface area contributed by atoms with E-state index in [1.54, 1.807) is 0 Å². The van der Waals surface area contributed by atoms with Crippen LogP contribution < -0.4 is 4.57 Å². The normalized spacial score (nSPS) is 10.5. The molecule has 0 atom stereocenters. The van der Waals surface area contributed by atoms with Crippen molar-refractivity contribution >= 4 is 16.7 Å². The van der Waals surface area contributed by atoms with Crippen molar-refractivity contribution in [2.45, 2.75) is 13.0 Å². The van der Waals surface area contributed by atoms with Gasteiger partial charge in [0.05, 0.1) is 6.42 Å². The molecule has 1 heterocycles. The summed E-state index contributed by atoms with van der Waals surface area (Å²) in [4.78, 5) is 12.6. The van der Waals surface area contributed by atoms with E-state index in [2.05, 4.69) is 35.4 Å². The Morgan fingerprint density at radius 2 is 1.68 bits per heavy atom. The molecule has 0 saturated carbocycles. The molecule has 0 unspecified atom stereocenters. The number of carbonyl (C=O) groups is 1. The summed E-state index contributed by atoms with van der Waals surface area (Å²) in [6, 6.07) is 21.7. The summed E-state index contributed by atoms with van der Waals surface area (Å²) in [5.41, 5.74) is 2.91. The van der Waals surface area contributed by atoms with Gasteiger partial charge in [0.15, 0.2) is 5.69 Å². The van der Waals surface area contributed by atoms with Crippen molar-refractivity contribution in [3.05, 3.63) is 90.6 Å². The highest BCUT2D eigenvalue weighted by atomic mass is 16.1. The van der Waals surface area contributed by atoms with Gasteiger partial charge in [0, 0.05) is 23.1 Å². The van der Waals surface area contributed by atoms with Crippen LogP contribution in [0.5, 0.6) is 0 Å². The van der Waals surface area contributed by atoms with E-state index in [4.69, 9.17) is 0 Å². The van der Waals surface area contributed by atoms with Gasteiger partial charge in [-0.2, -0.15) is 4.57 Å². The van der Waals surface area contributed by atoms with E-state index in [0.717, 1.165) is 28.6 Å². The Morgan fingerprint density at radius 1 is 0.955 bits per heavy atom. The molecule has 3 rings (SSSR count). The van der Waals surface area contributed by atoms with Gasteiger partial charge in [0.2, 0.25) is 17.8 Å². The number of allylic oxidation sites excluding steroid dienone is 1. The third kappa shape index (κ3) is 2.82. The van der Waals surface area contributed by atoms with Gasteiger partial charge in [-0.05, 0) is 12.1 Å². The van der Waals surface area contributed by atoms with Gasteiger partial charge >= 0.3 is 0 Å². The molecular formula is C20H18NO+. The molecule has 0 aliphatic heterocycles. The van der Waals surface area contributed by atoms with Gasteiger partial charge in [0.25, 0.3) is 0 Å². The number of para-hydroxylation sites is 1. The highest BCUT2D eigenvalue weighted by Crippen LogP contribution is 2.12. The summed E-state index contributed by atoms with van der Waals surface area (Å²) in [5.74, 6) is 0.118. The second-order valence-corrected chi connectivity index (χ2v) is 5.25. The van der Waals surface area contributed by atoms with E-state index in [1.807, 2.05) is 48.5 Å². The first-order valence-corrected chi connectivity index (χ1v) is 7.39. The topological polar surface area (TPSA) is 20.9 Å². The summed E-state index contributed by atoms with van der Waals surface area (Å²) in [7, 11) is 0. The van der Waals surface area contributed by atoms with Crippen LogP contribution in [0.3, 0.4) is 0 Å². The van der Waals surface area contributed by atoms with E-state index in [0.29, 0.717) is 6.54 Å². The van der Waals surface area contributed by atoms with Gasteiger partial charge in [-0.15, -0.1) is 6.58 Å². The maximum Gasteiger partial charge on any atom is 0.227 e. The molecule has 2 aromatic carbocycles. The Bertz CT molecular complexity index is 821. The molecule has 2 heteroatoms. The summed E-state index contributed by atoms with van der Waals surface area (Å²) >= 11 is 0. The van der Waals surface area contributed by atoms with Crippen LogP contribution in [0.1, 0.15) is 16.1 Å². The summed E-state index contributed by atoms with van der Waals surface area (Å²) in [6.07, 6.45) is 2.61. The largest absolute Gasteiger partial charge is 0.287 e. The first-order valence-electron chi connectivity index (χ1n) is 7.39. The van der Waals surface area contributed by atoms with Gasteiger partial charge in [0.1, 0.15) is 0 Å². The highest BCUT2D eigenvalue weighted by molar-refractivity contribution is 5.95. The lowest BCUT2D eigenvalue weighted by Gasteiger charge is -2.06. The lowest BCUT2D eigenvalue weighted by atomic mass is 10.1. The first-order chi connectivity index (χ1) is 10.8. The minimum absolute atomic E-state index is 0.118. The van der Waals surface area contributed by atoms with E-state index in [9.17, 15) is 4.79 Å². The Morgan fingerprint density at radius 3 is 2.45 bits per heavy atom. The number of ketones is 1. The molecule has 0 spiro atoms. The molecule has 22 heavy (non-hydrogen) atoms. The monoisotopic (exact) mass is 288 g/mol. The molecule has 0 aliphatic carbocycles. The van der Waals surface area contributed by atoms with Gasteiger partial charge in [-0.1, -0.05) is 48.5 Å². The minimum atomic E-state index is 0.118. The molecule has 1 aromatic heterocycles. The number of rotatable bonds is 5. The minimum Gasteiger partial charge on any atom is -0.287 e. The number of carbonyl (C=O) groups excluding carboxylic acids is 1. The van der Waals surface area contributed by atoms with E-state index in [1.165, 1.54) is 0 Å². The highest BCUT2D eigenvalue weighted by Gasteiger charge is 2.19. The summed E-state index contributed by atoms with van der Waals surface area (Å²) in [5, 5.41) is 1.14. The van der Waals surface area contributed by atoms with E-state index in [-0.39, 0.29) is 5.78 Å². The van der Waals surface area contributed by atoms with Crippen molar-refractivity contribution in [2.75, 3.05) is 0 Å². The fourth-order valence-corrected chi connectivity index (χ4v) is 2.68. The Kier molecular flexibility index (Phi) is 4.10.